The normalized spacial score (nSPS) is 13.2. The molecule has 0 spiro atoms. The fraction of sp³-hybridized carbons (Fsp3) is 0.238. The Morgan fingerprint density at radius 2 is 1.54 bits per heavy atom. The van der Waals surface area contributed by atoms with Crippen molar-refractivity contribution in [2.75, 3.05) is 6.54 Å². The molecule has 2 aromatic carbocycles. The Kier molecular flexibility index (Phi) is 4.97. The number of nitrogens with zero attached hydrogens (tertiary/aromatic N) is 3. The van der Waals surface area contributed by atoms with Gasteiger partial charge < -0.3 is 4.42 Å². The van der Waals surface area contributed by atoms with Gasteiger partial charge in [0, 0.05) is 18.5 Å². The van der Waals surface area contributed by atoms with Crippen molar-refractivity contribution < 1.29 is 18.4 Å². The second-order valence-electron chi connectivity index (χ2n) is 6.63. The first-order valence-electron chi connectivity index (χ1n) is 9.17. The topological polar surface area (TPSA) is 76.3 Å². The van der Waals surface area contributed by atoms with E-state index in [1.807, 2.05) is 0 Å². The van der Waals surface area contributed by atoms with E-state index in [0.717, 1.165) is 12.8 Å². The van der Waals surface area contributed by atoms with E-state index in [1.165, 1.54) is 17.0 Å². The second-order valence-corrected chi connectivity index (χ2v) is 6.63. The number of halogens is 1. The van der Waals surface area contributed by atoms with Crippen LogP contribution in [0.15, 0.2) is 52.9 Å². The third kappa shape index (κ3) is 3.55. The van der Waals surface area contributed by atoms with Gasteiger partial charge >= 0.3 is 0 Å². The lowest BCUT2D eigenvalue weighted by molar-refractivity contribution is 0.0651. The predicted octanol–water partition coefficient (Wildman–Crippen LogP) is 3.88. The maximum absolute atomic E-state index is 13.0. The molecule has 1 aromatic heterocycles. The lowest BCUT2D eigenvalue weighted by Gasteiger charge is -2.13. The van der Waals surface area contributed by atoms with E-state index in [4.69, 9.17) is 4.42 Å². The van der Waals surface area contributed by atoms with Crippen molar-refractivity contribution in [3.05, 3.63) is 71.4 Å². The molecule has 1 aliphatic heterocycles. The van der Waals surface area contributed by atoms with Gasteiger partial charge in [0.05, 0.1) is 11.1 Å². The van der Waals surface area contributed by atoms with Gasteiger partial charge in [-0.25, -0.2) is 4.39 Å². The highest BCUT2D eigenvalue weighted by molar-refractivity contribution is 6.21. The monoisotopic (exact) mass is 379 g/mol. The molecule has 1 aliphatic rings. The number of fused-ring (bicyclic) bond motifs is 1. The Labute approximate surface area is 161 Å². The molecule has 3 aromatic rings. The fourth-order valence-electron chi connectivity index (χ4n) is 3.23. The average molecular weight is 379 g/mol. The molecule has 142 valence electrons. The number of carbonyl (C=O) groups is 2. The Balaban J connectivity index is 1.24. The number of unbranched alkanes of at least 4 members (excludes halogenated alkanes) is 2. The Hall–Kier alpha value is -3.35. The van der Waals surface area contributed by atoms with E-state index in [-0.39, 0.29) is 17.6 Å². The molecule has 0 N–H and O–H groups in total. The Morgan fingerprint density at radius 1 is 0.857 bits per heavy atom. The summed E-state index contributed by atoms with van der Waals surface area (Å²) in [6, 6.07) is 12.8. The zero-order valence-corrected chi connectivity index (χ0v) is 15.1. The van der Waals surface area contributed by atoms with E-state index in [0.29, 0.717) is 47.9 Å². The highest BCUT2D eigenvalue weighted by atomic mass is 19.1. The second kappa shape index (κ2) is 7.72. The van der Waals surface area contributed by atoms with Crippen LogP contribution < -0.4 is 0 Å². The molecule has 0 fully saturated rings. The van der Waals surface area contributed by atoms with Crippen molar-refractivity contribution >= 4 is 11.8 Å². The van der Waals surface area contributed by atoms with Crippen LogP contribution >= 0.6 is 0 Å². The quantitative estimate of drug-likeness (QED) is 0.460. The summed E-state index contributed by atoms with van der Waals surface area (Å²) in [6.07, 6.45) is 2.94. The van der Waals surface area contributed by atoms with Crippen LogP contribution in [0.2, 0.25) is 0 Å². The zero-order valence-electron chi connectivity index (χ0n) is 15.1. The maximum Gasteiger partial charge on any atom is 0.261 e. The van der Waals surface area contributed by atoms with Crippen LogP contribution in [0.4, 0.5) is 4.39 Å². The maximum atomic E-state index is 13.0. The summed E-state index contributed by atoms with van der Waals surface area (Å²) >= 11 is 0. The zero-order chi connectivity index (χ0) is 19.5. The van der Waals surface area contributed by atoms with E-state index < -0.39 is 0 Å². The molecule has 0 saturated heterocycles. The third-order valence-electron chi connectivity index (χ3n) is 4.71. The van der Waals surface area contributed by atoms with Crippen LogP contribution in [0, 0.1) is 5.82 Å². The molecule has 2 heterocycles. The molecule has 7 heteroatoms. The van der Waals surface area contributed by atoms with Crippen molar-refractivity contribution in [3.63, 3.8) is 0 Å². The SMILES string of the molecule is O=C1c2ccccc2C(=O)N1CCCCCc1nnc(-c2ccc(F)cc2)o1. The average Bonchev–Trinajstić information content (AvgIpc) is 3.27. The number of imide groups is 1. The first-order chi connectivity index (χ1) is 13.6. The van der Waals surface area contributed by atoms with Gasteiger partial charge in [0.2, 0.25) is 11.8 Å². The Bertz CT molecular complexity index is 979. The predicted molar refractivity (Wildman–Crippen MR) is 99.1 cm³/mol. The fourth-order valence-corrected chi connectivity index (χ4v) is 3.23. The van der Waals surface area contributed by atoms with Crippen LogP contribution in [-0.2, 0) is 6.42 Å². The number of benzene rings is 2. The summed E-state index contributed by atoms with van der Waals surface area (Å²) in [5, 5.41) is 8.00. The van der Waals surface area contributed by atoms with Gasteiger partial charge in [-0.3, -0.25) is 14.5 Å². The molecule has 0 bridgehead atoms. The first-order valence-corrected chi connectivity index (χ1v) is 9.17. The number of carbonyl (C=O) groups excluding carboxylic acids is 2. The molecule has 6 nitrogen and oxygen atoms in total. The molecule has 28 heavy (non-hydrogen) atoms. The van der Waals surface area contributed by atoms with Crippen LogP contribution in [0.3, 0.4) is 0 Å². The summed E-state index contributed by atoms with van der Waals surface area (Å²) in [7, 11) is 0. The number of amides is 2. The van der Waals surface area contributed by atoms with Gasteiger partial charge in [0.1, 0.15) is 5.82 Å². The highest BCUT2D eigenvalue weighted by Crippen LogP contribution is 2.23. The van der Waals surface area contributed by atoms with E-state index >= 15 is 0 Å². The standard InChI is InChI=1S/C21H18FN3O3/c22-15-11-9-14(10-12-15)19-24-23-18(28-19)8-2-1-5-13-25-20(26)16-6-3-4-7-17(16)21(25)27/h3-4,6-7,9-12H,1-2,5,8,13H2. The lowest BCUT2D eigenvalue weighted by atomic mass is 10.1. The van der Waals surface area contributed by atoms with Crippen molar-refractivity contribution in [1.82, 2.24) is 15.1 Å². The summed E-state index contributed by atoms with van der Waals surface area (Å²) in [5.41, 5.74) is 1.63. The number of hydrogen-bond donors (Lipinski definition) is 0. The van der Waals surface area contributed by atoms with Gasteiger partial charge in [0.15, 0.2) is 0 Å². The molecule has 0 unspecified atom stereocenters. The van der Waals surface area contributed by atoms with Gasteiger partial charge in [0.25, 0.3) is 11.8 Å². The van der Waals surface area contributed by atoms with Gasteiger partial charge in [-0.05, 0) is 49.2 Å². The van der Waals surface area contributed by atoms with Crippen molar-refractivity contribution in [2.24, 2.45) is 0 Å². The third-order valence-corrected chi connectivity index (χ3v) is 4.71. The largest absolute Gasteiger partial charge is 0.421 e. The first kappa shape index (κ1) is 18.0. The van der Waals surface area contributed by atoms with Gasteiger partial charge in [-0.15, -0.1) is 10.2 Å². The van der Waals surface area contributed by atoms with Crippen LogP contribution in [-0.4, -0.2) is 33.5 Å². The molecular formula is C21H18FN3O3. The number of aryl methyl sites for hydroxylation is 1. The minimum atomic E-state index is -0.318. The molecule has 0 radical (unpaired) electrons. The summed E-state index contributed by atoms with van der Waals surface area (Å²) in [5.74, 6) is 0.116. The molecule has 4 rings (SSSR count). The number of hydrogen-bond acceptors (Lipinski definition) is 5. The number of rotatable bonds is 7. The Morgan fingerprint density at radius 3 is 2.21 bits per heavy atom. The molecule has 0 saturated carbocycles. The van der Waals surface area contributed by atoms with E-state index in [9.17, 15) is 14.0 Å². The van der Waals surface area contributed by atoms with Crippen LogP contribution in [0.5, 0.6) is 0 Å². The molecule has 2 amide bonds. The molecular weight excluding hydrogens is 361 g/mol. The molecule has 0 aliphatic carbocycles. The van der Waals surface area contributed by atoms with Gasteiger partial charge in [-0.2, -0.15) is 0 Å². The van der Waals surface area contributed by atoms with Crippen molar-refractivity contribution in [1.29, 1.82) is 0 Å². The highest BCUT2D eigenvalue weighted by Gasteiger charge is 2.34. The smallest absolute Gasteiger partial charge is 0.261 e. The van der Waals surface area contributed by atoms with E-state index in [1.54, 1.807) is 36.4 Å². The molecule has 0 atom stereocenters. The lowest BCUT2D eigenvalue weighted by Crippen LogP contribution is -2.30. The summed E-state index contributed by atoms with van der Waals surface area (Å²) in [6.45, 7) is 0.400. The van der Waals surface area contributed by atoms with Crippen molar-refractivity contribution in [2.45, 2.75) is 25.7 Å². The minimum Gasteiger partial charge on any atom is -0.421 e. The van der Waals surface area contributed by atoms with E-state index in [2.05, 4.69) is 10.2 Å². The van der Waals surface area contributed by atoms with Gasteiger partial charge in [-0.1, -0.05) is 18.6 Å². The van der Waals surface area contributed by atoms with Crippen molar-refractivity contribution in [3.8, 4) is 11.5 Å². The van der Waals surface area contributed by atoms with Crippen LogP contribution in [0.25, 0.3) is 11.5 Å². The number of aromatic nitrogens is 2. The summed E-state index contributed by atoms with van der Waals surface area (Å²) < 4.78 is 18.6. The van der Waals surface area contributed by atoms with Crippen LogP contribution in [0.1, 0.15) is 45.9 Å². The minimum absolute atomic E-state index is 0.221. The summed E-state index contributed by atoms with van der Waals surface area (Å²) in [4.78, 5) is 25.9.